The van der Waals surface area contributed by atoms with Gasteiger partial charge in [0.05, 0.1) is 39.6 Å². The second-order valence-electron chi connectivity index (χ2n) is 26.0. The molecule has 103 heavy (non-hydrogen) atoms. The minimum Gasteiger partial charge on any atom is -0.328 e. The number of phosphoric ester groups is 2. The molecule has 0 radical (unpaired) electrons. The minimum atomic E-state index is -4.26. The van der Waals surface area contributed by atoms with Crippen molar-refractivity contribution in [1.82, 2.24) is 0 Å². The fourth-order valence-corrected chi connectivity index (χ4v) is 11.6. The summed E-state index contributed by atoms with van der Waals surface area (Å²) in [6.07, 6.45) is 80.8. The first-order chi connectivity index (χ1) is 50.0. The molecule has 0 spiro atoms. The summed E-state index contributed by atoms with van der Waals surface area (Å²) in [6.45, 7) is 19.8. The summed E-state index contributed by atoms with van der Waals surface area (Å²) >= 11 is 0. The van der Waals surface area contributed by atoms with Crippen LogP contribution in [0.2, 0.25) is 0 Å². The van der Waals surface area contributed by atoms with E-state index in [1.54, 1.807) is 6.92 Å². The van der Waals surface area contributed by atoms with Crippen molar-refractivity contribution in [2.75, 3.05) is 39.6 Å². The monoisotopic (exact) mass is 1520 g/mol. The Hall–Kier alpha value is -3.02. The number of hydrogen-bond acceptors (Lipinski definition) is 10. The molecule has 0 fully saturated rings. The van der Waals surface area contributed by atoms with Crippen LogP contribution < -0.4 is 0 Å². The highest BCUT2D eigenvalue weighted by molar-refractivity contribution is 7.46. The largest absolute Gasteiger partial charge is 0.469 e. The molecule has 0 aromatic heterocycles. The Kier molecular flexibility index (Phi) is 102. The van der Waals surface area contributed by atoms with Gasteiger partial charge in [0.25, 0.3) is 0 Å². The highest BCUT2D eigenvalue weighted by atomic mass is 31.2. The van der Waals surface area contributed by atoms with Crippen molar-refractivity contribution in [1.29, 1.82) is 0 Å². The van der Waals surface area contributed by atoms with E-state index < -0.39 is 32.9 Å². The van der Waals surface area contributed by atoms with Crippen LogP contribution >= 0.6 is 32.9 Å². The molecule has 6 N–H and O–H groups in total. The molecular formula is C85H150O14P4. The molecule has 0 atom stereocenters. The third-order valence-corrected chi connectivity index (χ3v) is 18.2. The van der Waals surface area contributed by atoms with Gasteiger partial charge in [-0.1, -0.05) is 296 Å². The van der Waals surface area contributed by atoms with E-state index in [0.29, 0.717) is 32.3 Å². The first kappa shape index (κ1) is 109. The SMILES string of the molecule is C#CC#CC#CC#CC#CC#CC#CC.CC(C)CCCCCOP(=O)(O)O.CCCCCCCC/C=C\CCCCCCCCOP(=O)(O)O.CCCCCCCC/C=C\CCCCCCCCOP(O)OCCCCCCCC/C=C\CCCCCCCC.CCCCOP(O)OCCCC. The maximum atomic E-state index is 10.5. The van der Waals surface area contributed by atoms with E-state index in [0.717, 1.165) is 83.5 Å². The Bertz CT molecular complexity index is 2340. The maximum absolute atomic E-state index is 10.5. The predicted octanol–water partition coefficient (Wildman–Crippen LogP) is 25.3. The van der Waals surface area contributed by atoms with E-state index in [4.69, 9.17) is 49.0 Å². The van der Waals surface area contributed by atoms with Crippen LogP contribution in [0.15, 0.2) is 36.5 Å². The molecule has 0 amide bonds. The minimum absolute atomic E-state index is 0.155. The number of rotatable bonds is 66. The smallest absolute Gasteiger partial charge is 0.328 e. The topological polar surface area (TPSA) is 211 Å². The summed E-state index contributed by atoms with van der Waals surface area (Å²) in [5, 5.41) is 0. The van der Waals surface area contributed by atoms with Crippen LogP contribution in [0.4, 0.5) is 0 Å². The van der Waals surface area contributed by atoms with Gasteiger partial charge in [0.2, 0.25) is 0 Å². The van der Waals surface area contributed by atoms with Crippen LogP contribution in [0.3, 0.4) is 0 Å². The second-order valence-corrected chi connectivity index (χ2v) is 30.5. The van der Waals surface area contributed by atoms with Gasteiger partial charge in [-0.15, -0.1) is 6.42 Å². The molecule has 594 valence electrons. The van der Waals surface area contributed by atoms with Gasteiger partial charge in [0, 0.05) is 0 Å². The summed E-state index contributed by atoms with van der Waals surface area (Å²) in [5.41, 5.74) is 0. The molecule has 14 nitrogen and oxygen atoms in total. The summed E-state index contributed by atoms with van der Waals surface area (Å²) in [4.78, 5) is 52.8. The van der Waals surface area contributed by atoms with Crippen LogP contribution in [0.1, 0.15) is 376 Å². The van der Waals surface area contributed by atoms with E-state index >= 15 is 0 Å². The standard InChI is InChI=1S/C36H71O3P.C18H37O4P.C15H4.C8H19O4P.C8H19O3P/c1-3-5-7-9-11-13-15-17-19-21-23-25-27-29-31-33-35-38-40(37)39-36-34-32-30-28-26-24-22-20-18-16-14-12-10-8-6-4-2;1-2-3-4-5-6-7-8-9-10-11-12-13-14-15-16-17-18-22-23(19,20)21;1-3-5-7-9-11-13-15-14-12-10-8-6-4-2;1-8(2)6-4-3-5-7-12-13(9,10)11;1-3-5-7-10-12(9)11-8-6-4-2/h17-20,37H,3-16,21-36H2,1-2H3;9-10H,2-8,11-18H2,1H3,(H2,19,20,21);1H,2H3;8H,3-7H2,1-2H3,(H2,9,10,11);9H,3-8H2,1-2H3/b19-17-,20-18-;10-9-;;;. The lowest BCUT2D eigenvalue weighted by Gasteiger charge is -2.10. The highest BCUT2D eigenvalue weighted by Gasteiger charge is 2.13. The van der Waals surface area contributed by atoms with Crippen LogP contribution in [0, 0.1) is 89.3 Å². The average molecular weight is 1520 g/mol. The lowest BCUT2D eigenvalue weighted by atomic mass is 10.1. The van der Waals surface area contributed by atoms with Crippen LogP contribution in [-0.4, -0.2) is 69.0 Å². The number of allylic oxidation sites excluding steroid dienone is 6. The van der Waals surface area contributed by atoms with E-state index in [2.05, 4.69) is 171 Å². The summed E-state index contributed by atoms with van der Waals surface area (Å²) in [5.74, 6) is 32.6. The first-order valence-electron chi connectivity index (χ1n) is 40.2. The summed E-state index contributed by atoms with van der Waals surface area (Å²) in [7, 11) is -11.8. The van der Waals surface area contributed by atoms with Gasteiger partial charge >= 0.3 is 32.9 Å². The Balaban J connectivity index is -0.000000427. The molecule has 0 unspecified atom stereocenters. The highest BCUT2D eigenvalue weighted by Crippen LogP contribution is 2.37. The van der Waals surface area contributed by atoms with Crippen molar-refractivity contribution in [2.24, 2.45) is 5.92 Å². The van der Waals surface area contributed by atoms with Crippen LogP contribution in [0.25, 0.3) is 0 Å². The zero-order valence-corrected chi connectivity index (χ0v) is 70.0. The number of unbranched alkanes of at least 4 members (excludes halogenated alkanes) is 40. The van der Waals surface area contributed by atoms with Gasteiger partial charge in [-0.05, 0) is 199 Å². The fourth-order valence-electron chi connectivity index (χ4n) is 9.56. The second kappa shape index (κ2) is 97.0. The van der Waals surface area contributed by atoms with Crippen molar-refractivity contribution in [3.8, 4) is 83.4 Å². The van der Waals surface area contributed by atoms with Crippen LogP contribution in [-0.2, 0) is 36.3 Å². The molecule has 0 aliphatic heterocycles. The molecule has 0 aromatic carbocycles. The molecule has 0 saturated heterocycles. The van der Waals surface area contributed by atoms with Crippen LogP contribution in [0.5, 0.6) is 0 Å². The Morgan fingerprint density at radius 3 is 0.767 bits per heavy atom. The molecule has 18 heteroatoms. The normalized spacial score (nSPS) is 10.8. The molecular weight excluding hydrogens is 1370 g/mol. The molecule has 0 bridgehead atoms. The van der Waals surface area contributed by atoms with E-state index in [-0.39, 0.29) is 13.2 Å². The lowest BCUT2D eigenvalue weighted by molar-refractivity contribution is 0.191. The zero-order chi connectivity index (χ0) is 77.0. The molecule has 0 heterocycles. The third-order valence-electron chi connectivity index (χ3n) is 15.5. The van der Waals surface area contributed by atoms with E-state index in [1.807, 2.05) is 0 Å². The Morgan fingerprint density at radius 2 is 0.524 bits per heavy atom. The van der Waals surface area contributed by atoms with Crippen molar-refractivity contribution < 1.29 is 65.6 Å². The third kappa shape index (κ3) is 123. The van der Waals surface area contributed by atoms with E-state index in [9.17, 15) is 14.0 Å². The first-order valence-corrected chi connectivity index (χ1v) is 45.6. The van der Waals surface area contributed by atoms with Crippen molar-refractivity contribution >= 4 is 32.9 Å². The average Bonchev–Trinajstić information content (AvgIpc) is 3.84. The fraction of sp³-hybridized carbons (Fsp3) is 0.765. The summed E-state index contributed by atoms with van der Waals surface area (Å²) < 4.78 is 50.4. The Labute approximate surface area is 636 Å². The van der Waals surface area contributed by atoms with Gasteiger partial charge in [-0.2, -0.15) is 0 Å². The van der Waals surface area contributed by atoms with Gasteiger partial charge in [0.1, 0.15) is 0 Å². The maximum Gasteiger partial charge on any atom is 0.469 e. The molecule has 0 aliphatic carbocycles. The van der Waals surface area contributed by atoms with Gasteiger partial charge in [-0.3, -0.25) is 9.05 Å². The zero-order valence-electron chi connectivity index (χ0n) is 66.5. The quantitative estimate of drug-likeness (QED) is 0.0145. The molecule has 0 aliphatic rings. The van der Waals surface area contributed by atoms with E-state index in [1.165, 1.54) is 238 Å². The number of phosphoric acid groups is 2. The number of hydrogen-bond donors (Lipinski definition) is 6. The summed E-state index contributed by atoms with van der Waals surface area (Å²) in [6, 6.07) is 0. The van der Waals surface area contributed by atoms with Crippen molar-refractivity contribution in [3.63, 3.8) is 0 Å². The predicted molar refractivity (Wildman–Crippen MR) is 441 cm³/mol. The van der Waals surface area contributed by atoms with Gasteiger partial charge in [0.15, 0.2) is 0 Å². The van der Waals surface area contributed by atoms with Gasteiger partial charge in [-0.25, -0.2) is 9.13 Å². The molecule has 0 aromatic rings. The van der Waals surface area contributed by atoms with Crippen molar-refractivity contribution in [3.05, 3.63) is 36.5 Å². The van der Waals surface area contributed by atoms with Gasteiger partial charge < -0.3 is 47.5 Å². The van der Waals surface area contributed by atoms with Crippen molar-refractivity contribution in [2.45, 2.75) is 376 Å². The lowest BCUT2D eigenvalue weighted by Crippen LogP contribution is -1.95. The number of terminal acetylenes is 1. The Morgan fingerprint density at radius 1 is 0.311 bits per heavy atom. The molecule has 0 rings (SSSR count). The molecule has 0 saturated carbocycles.